The molecule has 2 atom stereocenters. The van der Waals surface area contributed by atoms with Gasteiger partial charge in [-0.05, 0) is 41.4 Å². The summed E-state index contributed by atoms with van der Waals surface area (Å²) in [4.78, 5) is 2.42. The molecular formula is C14H22BrClN2O2. The third-order valence-electron chi connectivity index (χ3n) is 3.65. The van der Waals surface area contributed by atoms with Crippen molar-refractivity contribution in [2.24, 2.45) is 0 Å². The molecule has 1 aliphatic heterocycles. The topological polar surface area (TPSA) is 44.7 Å². The minimum absolute atomic E-state index is 0. The van der Waals surface area contributed by atoms with Crippen molar-refractivity contribution in [3.63, 3.8) is 0 Å². The number of ether oxygens (including phenoxy) is 1. The first-order chi connectivity index (χ1) is 9.02. The molecule has 4 nitrogen and oxygen atoms in total. The minimum Gasteiger partial charge on any atom is -0.503 e. The average molecular weight is 366 g/mol. The average Bonchev–Trinajstić information content (AvgIpc) is 2.39. The highest BCUT2D eigenvalue weighted by atomic mass is 79.9. The number of halogens is 2. The maximum Gasteiger partial charge on any atom is 0.172 e. The molecule has 0 aromatic heterocycles. The zero-order valence-corrected chi connectivity index (χ0v) is 14.4. The highest BCUT2D eigenvalue weighted by Crippen LogP contribution is 2.37. The standard InChI is InChI=1S/C14H21BrN2O2.ClH/c1-9-7-17(10(2)6-16-9)8-11-4-5-12(19-3)14(18)13(11)15;/h4-5,9-10,16,18H,6-8H2,1-3H3;1H. The maximum atomic E-state index is 10.0. The number of phenolic OH excluding ortho intramolecular Hbond substituents is 1. The summed E-state index contributed by atoms with van der Waals surface area (Å²) in [5.74, 6) is 0.674. The Morgan fingerprint density at radius 2 is 2.15 bits per heavy atom. The summed E-state index contributed by atoms with van der Waals surface area (Å²) in [6.07, 6.45) is 0. The van der Waals surface area contributed by atoms with Crippen LogP contribution in [0.3, 0.4) is 0 Å². The molecule has 1 fully saturated rings. The molecule has 6 heteroatoms. The lowest BCUT2D eigenvalue weighted by molar-refractivity contribution is 0.138. The van der Waals surface area contributed by atoms with Crippen LogP contribution in [0.2, 0.25) is 0 Å². The third kappa shape index (κ3) is 3.79. The Labute approximate surface area is 135 Å². The molecule has 1 aromatic rings. The van der Waals surface area contributed by atoms with Crippen LogP contribution in [0.15, 0.2) is 16.6 Å². The van der Waals surface area contributed by atoms with Crippen LogP contribution in [-0.4, -0.2) is 42.3 Å². The largest absolute Gasteiger partial charge is 0.503 e. The quantitative estimate of drug-likeness (QED) is 0.864. The summed E-state index contributed by atoms with van der Waals surface area (Å²) >= 11 is 3.46. The predicted octanol–water partition coefficient (Wildman–Crippen LogP) is 2.77. The van der Waals surface area contributed by atoms with E-state index in [0.29, 0.717) is 17.8 Å². The van der Waals surface area contributed by atoms with Crippen LogP contribution in [0, 0.1) is 0 Å². The monoisotopic (exact) mass is 364 g/mol. The van der Waals surface area contributed by atoms with Gasteiger partial charge < -0.3 is 15.2 Å². The SMILES string of the molecule is COc1ccc(CN2CC(C)NCC2C)c(Br)c1O.Cl. The van der Waals surface area contributed by atoms with E-state index in [2.05, 4.69) is 40.0 Å². The highest BCUT2D eigenvalue weighted by molar-refractivity contribution is 9.10. The van der Waals surface area contributed by atoms with Crippen LogP contribution in [0.25, 0.3) is 0 Å². The lowest BCUT2D eigenvalue weighted by Crippen LogP contribution is -2.53. The van der Waals surface area contributed by atoms with Gasteiger partial charge in [0.05, 0.1) is 11.6 Å². The summed E-state index contributed by atoms with van der Waals surface area (Å²) < 4.78 is 5.83. The molecule has 2 N–H and O–H groups in total. The molecule has 1 aromatic carbocycles. The molecule has 0 amide bonds. The van der Waals surface area contributed by atoms with E-state index >= 15 is 0 Å². The zero-order chi connectivity index (χ0) is 14.0. The number of rotatable bonds is 3. The van der Waals surface area contributed by atoms with Crippen molar-refractivity contribution in [3.05, 3.63) is 22.2 Å². The lowest BCUT2D eigenvalue weighted by Gasteiger charge is -2.37. The molecule has 1 aliphatic rings. The number of aromatic hydroxyl groups is 1. The van der Waals surface area contributed by atoms with Crippen molar-refractivity contribution in [1.82, 2.24) is 10.2 Å². The molecule has 0 saturated carbocycles. The Hall–Kier alpha value is -0.490. The van der Waals surface area contributed by atoms with Gasteiger partial charge in [0, 0.05) is 31.7 Å². The normalized spacial score (nSPS) is 23.2. The van der Waals surface area contributed by atoms with E-state index in [1.807, 2.05) is 12.1 Å². The Morgan fingerprint density at radius 1 is 1.45 bits per heavy atom. The second-order valence-corrected chi connectivity index (χ2v) is 5.97. The number of phenols is 1. The minimum atomic E-state index is 0. The van der Waals surface area contributed by atoms with E-state index in [4.69, 9.17) is 4.74 Å². The zero-order valence-electron chi connectivity index (χ0n) is 12.0. The van der Waals surface area contributed by atoms with Crippen molar-refractivity contribution in [2.45, 2.75) is 32.5 Å². The Bertz CT molecular complexity index is 459. The van der Waals surface area contributed by atoms with Gasteiger partial charge in [0.15, 0.2) is 11.5 Å². The molecule has 0 radical (unpaired) electrons. The molecule has 114 valence electrons. The molecule has 0 bridgehead atoms. The number of nitrogens with zero attached hydrogens (tertiary/aromatic N) is 1. The Balaban J connectivity index is 0.00000200. The third-order valence-corrected chi connectivity index (χ3v) is 4.53. The van der Waals surface area contributed by atoms with Crippen LogP contribution in [0.5, 0.6) is 11.5 Å². The van der Waals surface area contributed by atoms with Gasteiger partial charge in [-0.25, -0.2) is 0 Å². The van der Waals surface area contributed by atoms with E-state index in [1.165, 1.54) is 0 Å². The van der Waals surface area contributed by atoms with Crippen molar-refractivity contribution in [1.29, 1.82) is 0 Å². The van der Waals surface area contributed by atoms with Crippen molar-refractivity contribution < 1.29 is 9.84 Å². The molecule has 2 unspecified atom stereocenters. The first-order valence-electron chi connectivity index (χ1n) is 6.54. The number of hydrogen-bond donors (Lipinski definition) is 2. The van der Waals surface area contributed by atoms with E-state index in [0.717, 1.165) is 29.7 Å². The first kappa shape index (κ1) is 17.6. The number of piperazine rings is 1. The fourth-order valence-electron chi connectivity index (χ4n) is 2.41. The highest BCUT2D eigenvalue weighted by Gasteiger charge is 2.23. The van der Waals surface area contributed by atoms with Gasteiger partial charge in [-0.2, -0.15) is 0 Å². The van der Waals surface area contributed by atoms with Crippen molar-refractivity contribution in [3.8, 4) is 11.5 Å². The summed E-state index contributed by atoms with van der Waals surface area (Å²) in [6, 6.07) is 4.81. The molecule has 1 saturated heterocycles. The summed E-state index contributed by atoms with van der Waals surface area (Å²) in [5.41, 5.74) is 1.08. The maximum absolute atomic E-state index is 10.0. The van der Waals surface area contributed by atoms with Gasteiger partial charge in [-0.1, -0.05) is 6.07 Å². The first-order valence-corrected chi connectivity index (χ1v) is 7.34. The van der Waals surface area contributed by atoms with Gasteiger partial charge in [0.25, 0.3) is 0 Å². The van der Waals surface area contributed by atoms with Gasteiger partial charge in [-0.3, -0.25) is 4.90 Å². The fraction of sp³-hybridized carbons (Fsp3) is 0.571. The number of benzene rings is 1. The van der Waals surface area contributed by atoms with E-state index < -0.39 is 0 Å². The second kappa shape index (κ2) is 7.50. The van der Waals surface area contributed by atoms with Gasteiger partial charge in [-0.15, -0.1) is 12.4 Å². The Morgan fingerprint density at radius 3 is 2.80 bits per heavy atom. The number of hydrogen-bond acceptors (Lipinski definition) is 4. The molecule has 0 aliphatic carbocycles. The number of nitrogens with one attached hydrogen (secondary N) is 1. The van der Waals surface area contributed by atoms with Crippen LogP contribution in [0.1, 0.15) is 19.4 Å². The van der Waals surface area contributed by atoms with Crippen LogP contribution < -0.4 is 10.1 Å². The lowest BCUT2D eigenvalue weighted by atomic mass is 10.1. The number of methoxy groups -OCH3 is 1. The summed E-state index contributed by atoms with van der Waals surface area (Å²) in [7, 11) is 1.56. The van der Waals surface area contributed by atoms with E-state index in [9.17, 15) is 5.11 Å². The van der Waals surface area contributed by atoms with Crippen LogP contribution in [-0.2, 0) is 6.54 Å². The Kier molecular flexibility index (Phi) is 6.58. The van der Waals surface area contributed by atoms with Gasteiger partial charge in [0.2, 0.25) is 0 Å². The van der Waals surface area contributed by atoms with Crippen molar-refractivity contribution in [2.75, 3.05) is 20.2 Å². The van der Waals surface area contributed by atoms with Crippen molar-refractivity contribution >= 4 is 28.3 Å². The molecule has 0 spiro atoms. The van der Waals surface area contributed by atoms with Gasteiger partial charge in [0.1, 0.15) is 0 Å². The van der Waals surface area contributed by atoms with E-state index in [1.54, 1.807) is 7.11 Å². The predicted molar refractivity (Wildman–Crippen MR) is 86.9 cm³/mol. The smallest absolute Gasteiger partial charge is 0.172 e. The van der Waals surface area contributed by atoms with Crippen LogP contribution >= 0.6 is 28.3 Å². The second-order valence-electron chi connectivity index (χ2n) is 5.18. The van der Waals surface area contributed by atoms with Crippen LogP contribution in [0.4, 0.5) is 0 Å². The molecule has 2 rings (SSSR count). The molecule has 1 heterocycles. The summed E-state index contributed by atoms with van der Waals surface area (Å²) in [6.45, 7) is 7.25. The van der Waals surface area contributed by atoms with Gasteiger partial charge >= 0.3 is 0 Å². The molecular weight excluding hydrogens is 344 g/mol. The molecule has 20 heavy (non-hydrogen) atoms. The van der Waals surface area contributed by atoms with E-state index in [-0.39, 0.29) is 18.2 Å². The summed E-state index contributed by atoms with van der Waals surface area (Å²) in [5, 5.41) is 13.5. The fourth-order valence-corrected chi connectivity index (χ4v) is 2.86.